The van der Waals surface area contributed by atoms with Crippen molar-refractivity contribution >= 4 is 44.2 Å². The first kappa shape index (κ1) is 14.2. The van der Waals surface area contributed by atoms with Crippen molar-refractivity contribution in [1.29, 1.82) is 0 Å². The highest BCUT2D eigenvalue weighted by Crippen LogP contribution is 2.28. The van der Waals surface area contributed by atoms with Crippen LogP contribution in [0.5, 0.6) is 0 Å². The molecule has 0 saturated carbocycles. The quantitative estimate of drug-likeness (QED) is 0.776. The van der Waals surface area contributed by atoms with E-state index in [9.17, 15) is 9.59 Å². The maximum atomic E-state index is 12.1. The number of hydrogen-bond donors (Lipinski definition) is 2. The van der Waals surface area contributed by atoms with Crippen LogP contribution < -0.4 is 10.6 Å². The van der Waals surface area contributed by atoms with Crippen molar-refractivity contribution < 1.29 is 9.59 Å². The van der Waals surface area contributed by atoms with Gasteiger partial charge in [-0.2, -0.15) is 5.10 Å². The summed E-state index contributed by atoms with van der Waals surface area (Å²) >= 11 is 1.35. The Bertz CT molecular complexity index is 867. The van der Waals surface area contributed by atoms with Crippen LogP contribution in [0.25, 0.3) is 10.2 Å². The molecule has 0 aliphatic carbocycles. The molecule has 3 aromatic rings. The standard InChI is InChI=1S/C14H13N5O2S/c1-8(20)16-9-3-4-10-12(7-9)22-14(17-10)18-13(21)11-5-6-15-19(11)2/h3-7H,1-2H3,(H,16,20)(H,17,18,21). The maximum Gasteiger partial charge on any atom is 0.275 e. The second-order valence-electron chi connectivity index (χ2n) is 4.68. The number of nitrogens with one attached hydrogen (secondary N) is 2. The van der Waals surface area contributed by atoms with E-state index in [1.807, 2.05) is 6.07 Å². The summed E-state index contributed by atoms with van der Waals surface area (Å²) in [5.74, 6) is -0.394. The number of hydrogen-bond acceptors (Lipinski definition) is 5. The Kier molecular flexibility index (Phi) is 3.60. The minimum absolute atomic E-state index is 0.131. The molecule has 0 aliphatic heterocycles. The summed E-state index contributed by atoms with van der Waals surface area (Å²) in [6.07, 6.45) is 1.56. The number of thiazole rings is 1. The fourth-order valence-corrected chi connectivity index (χ4v) is 2.92. The van der Waals surface area contributed by atoms with Crippen molar-refractivity contribution in [1.82, 2.24) is 14.8 Å². The smallest absolute Gasteiger partial charge is 0.275 e. The Morgan fingerprint density at radius 1 is 1.23 bits per heavy atom. The summed E-state index contributed by atoms with van der Waals surface area (Å²) in [6.45, 7) is 1.45. The average molecular weight is 315 g/mol. The molecule has 2 amide bonds. The number of carbonyl (C=O) groups is 2. The molecule has 112 valence electrons. The maximum absolute atomic E-state index is 12.1. The molecule has 0 spiro atoms. The average Bonchev–Trinajstić information content (AvgIpc) is 3.03. The van der Waals surface area contributed by atoms with Gasteiger partial charge in [0.15, 0.2) is 5.13 Å². The Morgan fingerprint density at radius 3 is 2.73 bits per heavy atom. The molecule has 1 aromatic carbocycles. The molecule has 0 unspecified atom stereocenters. The number of benzene rings is 1. The molecule has 2 N–H and O–H groups in total. The molecule has 0 saturated heterocycles. The number of anilines is 2. The lowest BCUT2D eigenvalue weighted by Gasteiger charge is -2.00. The predicted molar refractivity (Wildman–Crippen MR) is 85.1 cm³/mol. The van der Waals surface area contributed by atoms with Crippen LogP contribution in [0.1, 0.15) is 17.4 Å². The first-order chi connectivity index (χ1) is 10.5. The lowest BCUT2D eigenvalue weighted by Crippen LogP contribution is -2.15. The van der Waals surface area contributed by atoms with Gasteiger partial charge in [0.25, 0.3) is 5.91 Å². The molecular formula is C14H13N5O2S. The SMILES string of the molecule is CC(=O)Nc1ccc2nc(NC(=O)c3ccnn3C)sc2c1. The van der Waals surface area contributed by atoms with Gasteiger partial charge < -0.3 is 5.32 Å². The molecule has 0 bridgehead atoms. The summed E-state index contributed by atoms with van der Waals surface area (Å²) in [5, 5.41) is 9.93. The second-order valence-corrected chi connectivity index (χ2v) is 5.71. The van der Waals surface area contributed by atoms with Crippen molar-refractivity contribution in [3.8, 4) is 0 Å². The number of fused-ring (bicyclic) bond motifs is 1. The van der Waals surface area contributed by atoms with E-state index in [0.717, 1.165) is 10.2 Å². The Labute approximate surface area is 130 Å². The molecule has 7 nitrogen and oxygen atoms in total. The highest BCUT2D eigenvalue weighted by atomic mass is 32.1. The Balaban J connectivity index is 1.84. The minimum Gasteiger partial charge on any atom is -0.326 e. The largest absolute Gasteiger partial charge is 0.326 e. The normalized spacial score (nSPS) is 10.6. The zero-order valence-corrected chi connectivity index (χ0v) is 12.8. The highest BCUT2D eigenvalue weighted by molar-refractivity contribution is 7.22. The summed E-state index contributed by atoms with van der Waals surface area (Å²) in [6, 6.07) is 7.04. The molecular weight excluding hydrogens is 302 g/mol. The number of aryl methyl sites for hydroxylation is 1. The van der Waals surface area contributed by atoms with Gasteiger partial charge in [-0.15, -0.1) is 0 Å². The lowest BCUT2D eigenvalue weighted by atomic mass is 10.3. The topological polar surface area (TPSA) is 88.9 Å². The molecule has 0 fully saturated rings. The fraction of sp³-hybridized carbons (Fsp3) is 0.143. The minimum atomic E-state index is -0.263. The predicted octanol–water partition coefficient (Wildman–Crippen LogP) is 2.24. The van der Waals surface area contributed by atoms with Gasteiger partial charge in [0.2, 0.25) is 5.91 Å². The van der Waals surface area contributed by atoms with Crippen molar-refractivity contribution in [2.24, 2.45) is 7.05 Å². The van der Waals surface area contributed by atoms with Gasteiger partial charge >= 0.3 is 0 Å². The van der Waals surface area contributed by atoms with E-state index in [0.29, 0.717) is 16.5 Å². The number of carbonyl (C=O) groups excluding carboxylic acids is 2. The number of aromatic nitrogens is 3. The summed E-state index contributed by atoms with van der Waals surface area (Å²) in [5.41, 5.74) is 1.92. The highest BCUT2D eigenvalue weighted by Gasteiger charge is 2.13. The van der Waals surface area contributed by atoms with E-state index in [-0.39, 0.29) is 11.8 Å². The van der Waals surface area contributed by atoms with Gasteiger partial charge in [0.05, 0.1) is 10.2 Å². The van der Waals surface area contributed by atoms with Crippen LogP contribution in [0.3, 0.4) is 0 Å². The van der Waals surface area contributed by atoms with E-state index in [2.05, 4.69) is 20.7 Å². The van der Waals surface area contributed by atoms with E-state index < -0.39 is 0 Å². The summed E-state index contributed by atoms with van der Waals surface area (Å²) < 4.78 is 2.38. The monoisotopic (exact) mass is 315 g/mol. The summed E-state index contributed by atoms with van der Waals surface area (Å²) in [4.78, 5) is 27.6. The Hall–Kier alpha value is -2.74. The van der Waals surface area contributed by atoms with Crippen molar-refractivity contribution in [3.05, 3.63) is 36.2 Å². The van der Waals surface area contributed by atoms with E-state index in [4.69, 9.17) is 0 Å². The van der Waals surface area contributed by atoms with E-state index in [1.54, 1.807) is 31.4 Å². The molecule has 0 atom stereocenters. The molecule has 2 heterocycles. The van der Waals surface area contributed by atoms with Crippen molar-refractivity contribution in [3.63, 3.8) is 0 Å². The van der Waals surface area contributed by atoms with Crippen LogP contribution in [0.4, 0.5) is 10.8 Å². The van der Waals surface area contributed by atoms with Gasteiger partial charge in [0.1, 0.15) is 5.69 Å². The third-order valence-electron chi connectivity index (χ3n) is 2.98. The van der Waals surface area contributed by atoms with Crippen LogP contribution in [0.2, 0.25) is 0 Å². The molecule has 2 aromatic heterocycles. The zero-order chi connectivity index (χ0) is 15.7. The third-order valence-corrected chi connectivity index (χ3v) is 3.92. The van der Waals surface area contributed by atoms with E-state index >= 15 is 0 Å². The van der Waals surface area contributed by atoms with Crippen LogP contribution in [-0.2, 0) is 11.8 Å². The van der Waals surface area contributed by atoms with Crippen molar-refractivity contribution in [2.75, 3.05) is 10.6 Å². The molecule has 8 heteroatoms. The second kappa shape index (κ2) is 5.57. The first-order valence-corrected chi connectivity index (χ1v) is 7.32. The molecule has 0 radical (unpaired) electrons. The third kappa shape index (κ3) is 2.82. The number of rotatable bonds is 3. The zero-order valence-electron chi connectivity index (χ0n) is 12.0. The van der Waals surface area contributed by atoms with Crippen LogP contribution >= 0.6 is 11.3 Å². The first-order valence-electron chi connectivity index (χ1n) is 6.50. The van der Waals surface area contributed by atoms with Gasteiger partial charge in [0, 0.05) is 25.9 Å². The number of amides is 2. The summed E-state index contributed by atoms with van der Waals surface area (Å²) in [7, 11) is 1.70. The van der Waals surface area contributed by atoms with Crippen LogP contribution in [0, 0.1) is 0 Å². The molecule has 0 aliphatic rings. The van der Waals surface area contributed by atoms with Gasteiger partial charge in [-0.3, -0.25) is 19.6 Å². The number of nitrogens with zero attached hydrogens (tertiary/aromatic N) is 3. The van der Waals surface area contributed by atoms with Crippen LogP contribution in [0.15, 0.2) is 30.5 Å². The van der Waals surface area contributed by atoms with E-state index in [1.165, 1.54) is 22.9 Å². The molecule has 3 rings (SSSR count). The molecule has 22 heavy (non-hydrogen) atoms. The van der Waals surface area contributed by atoms with Gasteiger partial charge in [-0.1, -0.05) is 11.3 Å². The van der Waals surface area contributed by atoms with Crippen molar-refractivity contribution in [2.45, 2.75) is 6.92 Å². The fourth-order valence-electron chi connectivity index (χ4n) is 2.02. The Morgan fingerprint density at radius 2 is 2.05 bits per heavy atom. The van der Waals surface area contributed by atoms with Crippen LogP contribution in [-0.4, -0.2) is 26.6 Å². The van der Waals surface area contributed by atoms with Gasteiger partial charge in [-0.05, 0) is 24.3 Å². The lowest BCUT2D eigenvalue weighted by molar-refractivity contribution is -0.114. The van der Waals surface area contributed by atoms with Gasteiger partial charge in [-0.25, -0.2) is 4.98 Å².